The van der Waals surface area contributed by atoms with Crippen molar-refractivity contribution in [3.05, 3.63) is 28.8 Å². The zero-order chi connectivity index (χ0) is 15.6. The smallest absolute Gasteiger partial charge is 0.339 e. The Kier molecular flexibility index (Phi) is 5.17. The second-order valence-corrected chi connectivity index (χ2v) is 8.26. The van der Waals surface area contributed by atoms with E-state index in [9.17, 15) is 13.2 Å². The number of ether oxygens (including phenoxy) is 1. The number of hydrogen-bond donors (Lipinski definition) is 0. The molecule has 1 aromatic rings. The van der Waals surface area contributed by atoms with Crippen LogP contribution in [0.25, 0.3) is 0 Å². The second-order valence-electron chi connectivity index (χ2n) is 5.29. The van der Waals surface area contributed by atoms with Crippen molar-refractivity contribution >= 4 is 37.3 Å². The fourth-order valence-corrected chi connectivity index (χ4v) is 3.44. The van der Waals surface area contributed by atoms with Crippen molar-refractivity contribution in [1.82, 2.24) is 0 Å². The zero-order valence-electron chi connectivity index (χ0n) is 11.5. The molecule has 0 radical (unpaired) electrons. The van der Waals surface area contributed by atoms with Gasteiger partial charge < -0.3 is 4.74 Å². The van der Waals surface area contributed by atoms with E-state index < -0.39 is 15.0 Å². The van der Waals surface area contributed by atoms with Crippen LogP contribution in [-0.2, 0) is 13.8 Å². The van der Waals surface area contributed by atoms with Crippen molar-refractivity contribution in [1.29, 1.82) is 0 Å². The molecule has 0 heterocycles. The predicted molar refractivity (Wildman–Crippen MR) is 81.3 cm³/mol. The quantitative estimate of drug-likeness (QED) is 0.610. The van der Waals surface area contributed by atoms with Crippen molar-refractivity contribution in [2.75, 3.05) is 0 Å². The molecular formula is C14H16Cl2O4S. The van der Waals surface area contributed by atoms with Gasteiger partial charge in [0.05, 0.1) is 15.5 Å². The topological polar surface area (TPSA) is 60.4 Å². The molecule has 1 saturated carbocycles. The average molecular weight is 351 g/mol. The molecule has 2 rings (SSSR count). The number of benzene rings is 1. The van der Waals surface area contributed by atoms with Gasteiger partial charge in [-0.25, -0.2) is 13.2 Å². The first kappa shape index (κ1) is 16.6. The van der Waals surface area contributed by atoms with E-state index in [1.54, 1.807) is 0 Å². The SMILES string of the molecule is CC1CCCCC1OC(=O)c1cc(S(=O)(=O)Cl)ccc1Cl. The summed E-state index contributed by atoms with van der Waals surface area (Å²) >= 11 is 5.96. The third-order valence-corrected chi connectivity index (χ3v) is 5.41. The van der Waals surface area contributed by atoms with Gasteiger partial charge in [-0.15, -0.1) is 0 Å². The standard InChI is InChI=1S/C14H16Cl2O4S/c1-9-4-2-3-5-13(9)20-14(17)11-8-10(21(16,18)19)6-7-12(11)15/h6-9,13H,2-5H2,1H3. The van der Waals surface area contributed by atoms with Gasteiger partial charge in [0.15, 0.2) is 0 Å². The lowest BCUT2D eigenvalue weighted by atomic mass is 9.88. The molecule has 0 N–H and O–H groups in total. The first-order chi connectivity index (χ1) is 9.79. The highest BCUT2D eigenvalue weighted by atomic mass is 35.7. The lowest BCUT2D eigenvalue weighted by Gasteiger charge is -2.28. The van der Waals surface area contributed by atoms with E-state index in [2.05, 4.69) is 0 Å². The largest absolute Gasteiger partial charge is 0.458 e. The van der Waals surface area contributed by atoms with Crippen LogP contribution >= 0.6 is 22.3 Å². The van der Waals surface area contributed by atoms with Crippen LogP contribution in [0.15, 0.2) is 23.1 Å². The Bertz CT molecular complexity index is 642. The highest BCUT2D eigenvalue weighted by Crippen LogP contribution is 2.29. The van der Waals surface area contributed by atoms with Crippen LogP contribution in [0.5, 0.6) is 0 Å². The molecule has 1 fully saturated rings. The second kappa shape index (κ2) is 6.55. The first-order valence-corrected chi connectivity index (χ1v) is 9.43. The summed E-state index contributed by atoms with van der Waals surface area (Å²) in [4.78, 5) is 12.0. The summed E-state index contributed by atoms with van der Waals surface area (Å²) in [6, 6.07) is 3.74. The third kappa shape index (κ3) is 4.11. The van der Waals surface area contributed by atoms with Crippen LogP contribution in [-0.4, -0.2) is 20.5 Å². The molecule has 0 spiro atoms. The monoisotopic (exact) mass is 350 g/mol. The Labute approximate surface area is 133 Å². The number of carbonyl (C=O) groups excluding carboxylic acids is 1. The molecule has 7 heteroatoms. The first-order valence-electron chi connectivity index (χ1n) is 6.74. The fraction of sp³-hybridized carbons (Fsp3) is 0.500. The van der Waals surface area contributed by atoms with Crippen molar-refractivity contribution < 1.29 is 17.9 Å². The van der Waals surface area contributed by atoms with Gasteiger partial charge in [0.1, 0.15) is 6.10 Å². The van der Waals surface area contributed by atoms with Crippen molar-refractivity contribution in [2.24, 2.45) is 5.92 Å². The van der Waals surface area contributed by atoms with E-state index in [1.165, 1.54) is 12.1 Å². The Morgan fingerprint density at radius 3 is 2.57 bits per heavy atom. The van der Waals surface area contributed by atoms with Gasteiger partial charge in [-0.05, 0) is 43.4 Å². The minimum absolute atomic E-state index is 0.0242. The van der Waals surface area contributed by atoms with Crippen molar-refractivity contribution in [3.8, 4) is 0 Å². The summed E-state index contributed by atoms with van der Waals surface area (Å²) < 4.78 is 28.1. The molecule has 1 aromatic carbocycles. The highest BCUT2D eigenvalue weighted by Gasteiger charge is 2.26. The van der Waals surface area contributed by atoms with E-state index in [1.807, 2.05) is 6.92 Å². The molecule has 1 aliphatic rings. The lowest BCUT2D eigenvalue weighted by Crippen LogP contribution is -2.28. The van der Waals surface area contributed by atoms with Gasteiger partial charge >= 0.3 is 5.97 Å². The summed E-state index contributed by atoms with van der Waals surface area (Å²) in [5.41, 5.74) is 0.0242. The molecule has 2 unspecified atom stereocenters. The molecule has 0 aliphatic heterocycles. The average Bonchev–Trinajstić information content (AvgIpc) is 2.40. The summed E-state index contributed by atoms with van der Waals surface area (Å²) in [5.74, 6) is -0.317. The Morgan fingerprint density at radius 1 is 1.29 bits per heavy atom. The molecule has 2 atom stereocenters. The summed E-state index contributed by atoms with van der Waals surface area (Å²) in [6.07, 6.45) is 3.83. The summed E-state index contributed by atoms with van der Waals surface area (Å²) in [6.45, 7) is 2.04. The van der Waals surface area contributed by atoms with E-state index in [4.69, 9.17) is 27.0 Å². The van der Waals surface area contributed by atoms with Gasteiger partial charge in [0, 0.05) is 10.7 Å². The maximum absolute atomic E-state index is 12.2. The summed E-state index contributed by atoms with van der Waals surface area (Å²) in [5, 5.41) is 0.146. The van der Waals surface area contributed by atoms with Gasteiger partial charge in [-0.2, -0.15) is 0 Å². The molecule has 1 aliphatic carbocycles. The van der Waals surface area contributed by atoms with E-state index in [0.29, 0.717) is 5.92 Å². The number of carbonyl (C=O) groups is 1. The van der Waals surface area contributed by atoms with Crippen LogP contribution in [0.3, 0.4) is 0 Å². The molecule has 0 aromatic heterocycles. The molecular weight excluding hydrogens is 335 g/mol. The fourth-order valence-electron chi connectivity index (χ4n) is 2.47. The van der Waals surface area contributed by atoms with E-state index in [-0.39, 0.29) is 21.6 Å². The predicted octanol–water partition coefficient (Wildman–Crippen LogP) is 4.00. The van der Waals surface area contributed by atoms with Crippen LogP contribution in [0.2, 0.25) is 5.02 Å². The van der Waals surface area contributed by atoms with Gasteiger partial charge in [-0.3, -0.25) is 0 Å². The maximum Gasteiger partial charge on any atom is 0.339 e. The van der Waals surface area contributed by atoms with Crippen molar-refractivity contribution in [2.45, 2.75) is 43.6 Å². The van der Waals surface area contributed by atoms with Crippen LogP contribution < -0.4 is 0 Å². The van der Waals surface area contributed by atoms with E-state index >= 15 is 0 Å². The lowest BCUT2D eigenvalue weighted by molar-refractivity contribution is 0.00481. The van der Waals surface area contributed by atoms with Crippen molar-refractivity contribution in [3.63, 3.8) is 0 Å². The van der Waals surface area contributed by atoms with Gasteiger partial charge in [-0.1, -0.05) is 24.9 Å². The van der Waals surface area contributed by atoms with Gasteiger partial charge in [0.25, 0.3) is 9.05 Å². The molecule has 0 amide bonds. The van der Waals surface area contributed by atoms with E-state index in [0.717, 1.165) is 31.7 Å². The molecule has 4 nitrogen and oxygen atoms in total. The minimum Gasteiger partial charge on any atom is -0.458 e. The molecule has 0 bridgehead atoms. The minimum atomic E-state index is -3.91. The Hall–Kier alpha value is -0.780. The number of rotatable bonds is 3. The Morgan fingerprint density at radius 2 is 1.95 bits per heavy atom. The van der Waals surface area contributed by atoms with Crippen LogP contribution in [0.1, 0.15) is 43.0 Å². The highest BCUT2D eigenvalue weighted by molar-refractivity contribution is 8.13. The summed E-state index contributed by atoms with van der Waals surface area (Å²) in [7, 11) is 1.37. The maximum atomic E-state index is 12.2. The zero-order valence-corrected chi connectivity index (χ0v) is 13.8. The molecule has 0 saturated heterocycles. The molecule has 21 heavy (non-hydrogen) atoms. The number of esters is 1. The number of halogens is 2. The van der Waals surface area contributed by atoms with Crippen LogP contribution in [0.4, 0.5) is 0 Å². The third-order valence-electron chi connectivity index (χ3n) is 3.73. The van der Waals surface area contributed by atoms with Crippen LogP contribution in [0, 0.1) is 5.92 Å². The molecule has 116 valence electrons. The number of hydrogen-bond acceptors (Lipinski definition) is 4. The van der Waals surface area contributed by atoms with Gasteiger partial charge in [0.2, 0.25) is 0 Å². The Balaban J connectivity index is 2.22. The normalized spacial score (nSPS) is 22.8.